The molecule has 96 valence electrons. The normalized spacial score (nSPS) is 9.89. The topological polar surface area (TPSA) is 73.1 Å². The van der Waals surface area contributed by atoms with Crippen LogP contribution in [0.15, 0.2) is 29.6 Å². The lowest BCUT2D eigenvalue weighted by atomic mass is 10.1. The molecule has 0 spiro atoms. The van der Waals surface area contributed by atoms with Gasteiger partial charge in [-0.2, -0.15) is 5.26 Å². The van der Waals surface area contributed by atoms with Crippen molar-refractivity contribution in [1.29, 1.82) is 5.26 Å². The van der Waals surface area contributed by atoms with Gasteiger partial charge in [0.2, 0.25) is 0 Å². The van der Waals surface area contributed by atoms with Gasteiger partial charge in [0.1, 0.15) is 6.07 Å². The van der Waals surface area contributed by atoms with E-state index in [4.69, 9.17) is 10.4 Å². The molecule has 0 atom stereocenters. The number of rotatable bonds is 4. The van der Waals surface area contributed by atoms with E-state index in [1.807, 2.05) is 18.4 Å². The highest BCUT2D eigenvalue weighted by Crippen LogP contribution is 2.20. The van der Waals surface area contributed by atoms with E-state index in [9.17, 15) is 4.79 Å². The highest BCUT2D eigenvalue weighted by molar-refractivity contribution is 7.10. The van der Waals surface area contributed by atoms with Crippen LogP contribution in [-0.4, -0.2) is 11.1 Å². The molecule has 0 fully saturated rings. The lowest BCUT2D eigenvalue weighted by molar-refractivity contribution is 0.0697. The molecule has 1 aromatic carbocycles. The molecular weight excluding hydrogens is 260 g/mol. The maximum atomic E-state index is 10.8. The van der Waals surface area contributed by atoms with E-state index in [0.717, 1.165) is 16.1 Å². The quantitative estimate of drug-likeness (QED) is 0.896. The zero-order valence-corrected chi connectivity index (χ0v) is 11.1. The van der Waals surface area contributed by atoms with Gasteiger partial charge in [0.15, 0.2) is 0 Å². The second kappa shape index (κ2) is 5.55. The highest BCUT2D eigenvalue weighted by Gasteiger charge is 2.06. The van der Waals surface area contributed by atoms with Gasteiger partial charge in [0.05, 0.1) is 11.1 Å². The number of nitriles is 1. The molecule has 2 N–H and O–H groups in total. The average molecular weight is 272 g/mol. The molecule has 1 heterocycles. The Morgan fingerprint density at radius 1 is 1.47 bits per heavy atom. The van der Waals surface area contributed by atoms with Gasteiger partial charge < -0.3 is 10.4 Å². The number of aryl methyl sites for hydroxylation is 1. The molecule has 0 saturated heterocycles. The minimum absolute atomic E-state index is 0.283. The molecule has 5 heteroatoms. The van der Waals surface area contributed by atoms with Gasteiger partial charge in [-0.15, -0.1) is 11.3 Å². The summed E-state index contributed by atoms with van der Waals surface area (Å²) in [6.07, 6.45) is 0. The Kier molecular flexibility index (Phi) is 3.83. The van der Waals surface area contributed by atoms with Gasteiger partial charge in [0, 0.05) is 22.5 Å². The second-order valence-corrected chi connectivity index (χ2v) is 5.10. The largest absolute Gasteiger partial charge is 0.478 e. The van der Waals surface area contributed by atoms with Gasteiger partial charge in [-0.05, 0) is 36.8 Å². The van der Waals surface area contributed by atoms with Crippen LogP contribution in [0.4, 0.5) is 5.69 Å². The molecule has 0 amide bonds. The third kappa shape index (κ3) is 3.12. The fourth-order valence-electron chi connectivity index (χ4n) is 1.71. The van der Waals surface area contributed by atoms with E-state index in [1.165, 1.54) is 11.3 Å². The van der Waals surface area contributed by atoms with E-state index in [1.54, 1.807) is 18.2 Å². The van der Waals surface area contributed by atoms with Crippen molar-refractivity contribution < 1.29 is 9.90 Å². The van der Waals surface area contributed by atoms with Crippen LogP contribution >= 0.6 is 11.3 Å². The number of anilines is 1. The summed E-state index contributed by atoms with van der Waals surface area (Å²) in [6, 6.07) is 8.92. The molecule has 2 aromatic rings. The summed E-state index contributed by atoms with van der Waals surface area (Å²) in [5, 5.41) is 22.7. The summed E-state index contributed by atoms with van der Waals surface area (Å²) in [5.74, 6) is -0.924. The zero-order valence-electron chi connectivity index (χ0n) is 10.3. The molecule has 19 heavy (non-hydrogen) atoms. The van der Waals surface area contributed by atoms with Crippen LogP contribution in [0.1, 0.15) is 26.4 Å². The molecule has 0 bridgehead atoms. The number of aromatic carboxylic acids is 1. The Bertz CT molecular complexity index is 656. The second-order valence-electron chi connectivity index (χ2n) is 4.10. The lowest BCUT2D eigenvalue weighted by Crippen LogP contribution is -2.02. The van der Waals surface area contributed by atoms with E-state index in [0.29, 0.717) is 12.1 Å². The van der Waals surface area contributed by atoms with Crippen molar-refractivity contribution in [2.45, 2.75) is 13.5 Å². The fourth-order valence-corrected chi connectivity index (χ4v) is 2.46. The van der Waals surface area contributed by atoms with E-state index < -0.39 is 5.97 Å². The van der Waals surface area contributed by atoms with Crippen molar-refractivity contribution in [3.05, 3.63) is 51.2 Å². The first-order chi connectivity index (χ1) is 9.10. The Morgan fingerprint density at radius 2 is 2.26 bits per heavy atom. The SMILES string of the molecule is Cc1cc(C(=O)O)ccc1NCc1cc(C#N)cs1. The van der Waals surface area contributed by atoms with Crippen LogP contribution in [0.25, 0.3) is 0 Å². The van der Waals surface area contributed by atoms with Gasteiger partial charge in [-0.25, -0.2) is 4.79 Å². The number of carboxylic acid groups (broad SMARTS) is 1. The first kappa shape index (κ1) is 13.1. The number of hydrogen-bond acceptors (Lipinski definition) is 4. The molecule has 2 rings (SSSR count). The van der Waals surface area contributed by atoms with Gasteiger partial charge in [0.25, 0.3) is 0 Å². The molecule has 0 saturated carbocycles. The molecule has 4 nitrogen and oxygen atoms in total. The summed E-state index contributed by atoms with van der Waals surface area (Å²) in [7, 11) is 0. The Labute approximate surface area is 114 Å². The van der Waals surface area contributed by atoms with Crippen LogP contribution in [-0.2, 0) is 6.54 Å². The summed E-state index contributed by atoms with van der Waals surface area (Å²) in [6.45, 7) is 2.49. The van der Waals surface area contributed by atoms with Crippen molar-refractivity contribution in [3.8, 4) is 6.07 Å². The number of nitrogens with zero attached hydrogens (tertiary/aromatic N) is 1. The summed E-state index contributed by atoms with van der Waals surface area (Å²) < 4.78 is 0. The molecule has 0 radical (unpaired) electrons. The lowest BCUT2D eigenvalue weighted by Gasteiger charge is -2.09. The standard InChI is InChI=1S/C14H12N2O2S/c1-9-4-11(14(17)18)2-3-13(9)16-7-12-5-10(6-15)8-19-12/h2-5,8,16H,7H2,1H3,(H,17,18). The van der Waals surface area contributed by atoms with Crippen molar-refractivity contribution >= 4 is 23.0 Å². The number of hydrogen-bond donors (Lipinski definition) is 2. The van der Waals surface area contributed by atoms with Crippen LogP contribution in [0.5, 0.6) is 0 Å². The van der Waals surface area contributed by atoms with Crippen molar-refractivity contribution in [1.82, 2.24) is 0 Å². The number of carbonyl (C=O) groups is 1. The maximum Gasteiger partial charge on any atom is 0.335 e. The third-order valence-electron chi connectivity index (χ3n) is 2.71. The molecule has 0 aliphatic carbocycles. The van der Waals surface area contributed by atoms with E-state index >= 15 is 0 Å². The van der Waals surface area contributed by atoms with Crippen molar-refractivity contribution in [3.63, 3.8) is 0 Å². The van der Waals surface area contributed by atoms with Crippen LogP contribution in [0.2, 0.25) is 0 Å². The van der Waals surface area contributed by atoms with E-state index in [-0.39, 0.29) is 5.56 Å². The Morgan fingerprint density at radius 3 is 2.84 bits per heavy atom. The minimum Gasteiger partial charge on any atom is -0.478 e. The minimum atomic E-state index is -0.924. The van der Waals surface area contributed by atoms with Crippen molar-refractivity contribution in [2.24, 2.45) is 0 Å². The molecule has 1 aromatic heterocycles. The van der Waals surface area contributed by atoms with Gasteiger partial charge in [-0.1, -0.05) is 0 Å². The first-order valence-corrected chi connectivity index (χ1v) is 6.53. The van der Waals surface area contributed by atoms with Gasteiger partial charge >= 0.3 is 5.97 Å². The smallest absolute Gasteiger partial charge is 0.335 e. The first-order valence-electron chi connectivity index (χ1n) is 5.65. The molecular formula is C14H12N2O2S. The van der Waals surface area contributed by atoms with Crippen LogP contribution in [0.3, 0.4) is 0 Å². The van der Waals surface area contributed by atoms with E-state index in [2.05, 4.69) is 11.4 Å². The highest BCUT2D eigenvalue weighted by atomic mass is 32.1. The van der Waals surface area contributed by atoms with Crippen LogP contribution in [0, 0.1) is 18.3 Å². The average Bonchev–Trinajstić information content (AvgIpc) is 2.85. The zero-order chi connectivity index (χ0) is 13.8. The summed E-state index contributed by atoms with van der Waals surface area (Å²) in [4.78, 5) is 11.9. The number of carboxylic acids is 1. The maximum absolute atomic E-state index is 10.8. The predicted molar refractivity (Wildman–Crippen MR) is 74.5 cm³/mol. The number of benzene rings is 1. The predicted octanol–water partition coefficient (Wildman–Crippen LogP) is 3.24. The van der Waals surface area contributed by atoms with Gasteiger partial charge in [-0.3, -0.25) is 0 Å². The molecule has 0 aliphatic heterocycles. The monoisotopic (exact) mass is 272 g/mol. The Balaban J connectivity index is 2.07. The fraction of sp³-hybridized carbons (Fsp3) is 0.143. The Hall–Kier alpha value is -2.32. The number of nitrogens with one attached hydrogen (secondary N) is 1. The molecule has 0 unspecified atom stereocenters. The third-order valence-corrected chi connectivity index (χ3v) is 3.65. The summed E-state index contributed by atoms with van der Waals surface area (Å²) in [5.41, 5.74) is 2.74. The summed E-state index contributed by atoms with van der Waals surface area (Å²) >= 11 is 1.53. The van der Waals surface area contributed by atoms with Crippen LogP contribution < -0.4 is 5.32 Å². The number of thiophene rings is 1. The molecule has 0 aliphatic rings. The van der Waals surface area contributed by atoms with Crippen molar-refractivity contribution in [2.75, 3.05) is 5.32 Å².